The molecule has 1 heterocycles. The van der Waals surface area contributed by atoms with Crippen LogP contribution in [0.15, 0.2) is 30.3 Å². The van der Waals surface area contributed by atoms with Crippen LogP contribution in [-0.4, -0.2) is 29.5 Å². The molecular formula is C21H23NO5. The number of para-hydroxylation sites is 1. The second kappa shape index (κ2) is 6.29. The van der Waals surface area contributed by atoms with Crippen molar-refractivity contribution < 1.29 is 23.8 Å². The molecule has 27 heavy (non-hydrogen) atoms. The third kappa shape index (κ3) is 3.17. The van der Waals surface area contributed by atoms with Crippen molar-refractivity contribution in [2.24, 2.45) is 17.8 Å². The van der Waals surface area contributed by atoms with Crippen molar-refractivity contribution >= 4 is 23.0 Å². The molecule has 4 fully saturated rings. The first-order valence-electron chi connectivity index (χ1n) is 9.69. The molecule has 4 saturated carbocycles. The molecule has 1 aromatic carbocycles. The van der Waals surface area contributed by atoms with E-state index in [0.717, 1.165) is 30.2 Å². The second-order valence-corrected chi connectivity index (χ2v) is 8.42. The number of ether oxygens (including phenoxy) is 3. The average molecular weight is 369 g/mol. The van der Waals surface area contributed by atoms with Crippen molar-refractivity contribution in [3.05, 3.63) is 36.0 Å². The zero-order chi connectivity index (χ0) is 18.4. The fourth-order valence-electron chi connectivity index (χ4n) is 5.75. The van der Waals surface area contributed by atoms with Crippen LogP contribution in [0.2, 0.25) is 0 Å². The predicted molar refractivity (Wildman–Crippen MR) is 97.1 cm³/mol. The van der Waals surface area contributed by atoms with Crippen LogP contribution in [0, 0.1) is 17.8 Å². The molecule has 6 rings (SSSR count). The van der Waals surface area contributed by atoms with Crippen molar-refractivity contribution in [2.45, 2.75) is 44.1 Å². The van der Waals surface area contributed by atoms with Gasteiger partial charge in [0, 0.05) is 10.9 Å². The Kier molecular flexibility index (Phi) is 3.88. The number of rotatable bonds is 4. The van der Waals surface area contributed by atoms with Gasteiger partial charge in [-0.2, -0.15) is 0 Å². The number of aromatic amines is 1. The predicted octanol–water partition coefficient (Wildman–Crippen LogP) is 4.40. The summed E-state index contributed by atoms with van der Waals surface area (Å²) in [4.78, 5) is 27.3. The number of esters is 1. The summed E-state index contributed by atoms with van der Waals surface area (Å²) >= 11 is 0. The Hall–Kier alpha value is -2.50. The lowest BCUT2D eigenvalue weighted by atomic mass is 9.54. The molecule has 6 nitrogen and oxygen atoms in total. The summed E-state index contributed by atoms with van der Waals surface area (Å²) in [6.45, 7) is -0.445. The minimum atomic E-state index is -0.735. The Morgan fingerprint density at radius 2 is 1.67 bits per heavy atom. The molecule has 0 radical (unpaired) electrons. The molecule has 2 aromatic rings. The summed E-state index contributed by atoms with van der Waals surface area (Å²) < 4.78 is 15.8. The Bertz CT molecular complexity index is 817. The van der Waals surface area contributed by atoms with E-state index in [-0.39, 0.29) is 5.60 Å². The van der Waals surface area contributed by atoms with E-state index in [9.17, 15) is 9.59 Å². The van der Waals surface area contributed by atoms with Gasteiger partial charge in [0.15, 0.2) is 0 Å². The van der Waals surface area contributed by atoms with Gasteiger partial charge in [-0.15, -0.1) is 0 Å². The maximum atomic E-state index is 12.1. The highest BCUT2D eigenvalue weighted by Gasteiger charge is 2.53. The van der Waals surface area contributed by atoms with Crippen molar-refractivity contribution in [1.82, 2.24) is 4.98 Å². The van der Waals surface area contributed by atoms with Crippen LogP contribution in [0.3, 0.4) is 0 Å². The standard InChI is InChI=1S/C21H23NO5/c23-19(18-8-16-3-1-2-4-17(16)22-18)25-12-26-20(24)27-21-9-13-5-14(10-21)7-15(6-13)11-21/h1-4,8,13-15,22H,5-7,9-12H2. The van der Waals surface area contributed by atoms with Crippen LogP contribution in [0.1, 0.15) is 49.0 Å². The van der Waals surface area contributed by atoms with Crippen LogP contribution >= 0.6 is 0 Å². The summed E-state index contributed by atoms with van der Waals surface area (Å²) in [6.07, 6.45) is 5.94. The summed E-state index contributed by atoms with van der Waals surface area (Å²) in [5.74, 6) is 1.49. The number of H-pyrrole nitrogens is 1. The summed E-state index contributed by atoms with van der Waals surface area (Å²) in [5.41, 5.74) is 0.827. The van der Waals surface area contributed by atoms with Crippen LogP contribution in [-0.2, 0) is 14.2 Å². The van der Waals surface area contributed by atoms with Gasteiger partial charge in [-0.3, -0.25) is 0 Å². The number of hydrogen-bond donors (Lipinski definition) is 1. The molecule has 4 aliphatic carbocycles. The first kappa shape index (κ1) is 16.7. The fraction of sp³-hybridized carbons (Fsp3) is 0.524. The highest BCUT2D eigenvalue weighted by atomic mass is 16.8. The van der Waals surface area contributed by atoms with E-state index in [1.807, 2.05) is 24.3 Å². The molecule has 0 spiro atoms. The molecule has 142 valence electrons. The second-order valence-electron chi connectivity index (χ2n) is 8.42. The van der Waals surface area contributed by atoms with Crippen molar-refractivity contribution in [2.75, 3.05) is 6.79 Å². The monoisotopic (exact) mass is 369 g/mol. The van der Waals surface area contributed by atoms with Gasteiger partial charge in [-0.25, -0.2) is 9.59 Å². The molecule has 0 saturated heterocycles. The number of aromatic nitrogens is 1. The topological polar surface area (TPSA) is 77.6 Å². The lowest BCUT2D eigenvalue weighted by molar-refractivity contribution is -0.148. The number of benzene rings is 1. The van der Waals surface area contributed by atoms with E-state index >= 15 is 0 Å². The van der Waals surface area contributed by atoms with E-state index in [1.54, 1.807) is 6.07 Å². The smallest absolute Gasteiger partial charge is 0.428 e. The van der Waals surface area contributed by atoms with E-state index < -0.39 is 18.9 Å². The first-order valence-corrected chi connectivity index (χ1v) is 9.69. The Balaban J connectivity index is 1.14. The van der Waals surface area contributed by atoms with Crippen LogP contribution in [0.5, 0.6) is 0 Å². The van der Waals surface area contributed by atoms with Gasteiger partial charge in [0.1, 0.15) is 11.3 Å². The van der Waals surface area contributed by atoms with E-state index in [1.165, 1.54) is 19.3 Å². The summed E-state index contributed by atoms with van der Waals surface area (Å²) in [7, 11) is 0. The lowest BCUT2D eigenvalue weighted by Crippen LogP contribution is -2.52. The van der Waals surface area contributed by atoms with Crippen molar-refractivity contribution in [1.29, 1.82) is 0 Å². The van der Waals surface area contributed by atoms with E-state index in [4.69, 9.17) is 14.2 Å². The fourth-order valence-corrected chi connectivity index (χ4v) is 5.75. The van der Waals surface area contributed by atoms with Gasteiger partial charge in [0.25, 0.3) is 0 Å². The number of nitrogens with one attached hydrogen (secondary N) is 1. The van der Waals surface area contributed by atoms with Gasteiger partial charge in [0.2, 0.25) is 6.79 Å². The first-order chi connectivity index (χ1) is 13.1. The van der Waals surface area contributed by atoms with Crippen LogP contribution in [0.4, 0.5) is 4.79 Å². The Morgan fingerprint density at radius 1 is 1.00 bits per heavy atom. The van der Waals surface area contributed by atoms with Gasteiger partial charge in [-0.1, -0.05) is 18.2 Å². The van der Waals surface area contributed by atoms with Gasteiger partial charge < -0.3 is 19.2 Å². The average Bonchev–Trinajstić information content (AvgIpc) is 3.04. The molecule has 1 aromatic heterocycles. The van der Waals surface area contributed by atoms with Gasteiger partial charge >= 0.3 is 12.1 Å². The Morgan fingerprint density at radius 3 is 2.33 bits per heavy atom. The number of fused-ring (bicyclic) bond motifs is 1. The Labute approximate surface area is 157 Å². The molecule has 0 atom stereocenters. The number of hydrogen-bond acceptors (Lipinski definition) is 5. The zero-order valence-corrected chi connectivity index (χ0v) is 15.1. The molecule has 0 amide bonds. The minimum absolute atomic E-state index is 0.328. The normalized spacial score (nSPS) is 31.0. The zero-order valence-electron chi connectivity index (χ0n) is 15.1. The third-order valence-electron chi connectivity index (χ3n) is 6.40. The summed E-state index contributed by atoms with van der Waals surface area (Å²) in [6, 6.07) is 9.28. The van der Waals surface area contributed by atoms with Gasteiger partial charge in [-0.05, 0) is 68.4 Å². The van der Waals surface area contributed by atoms with Gasteiger partial charge in [0.05, 0.1) is 0 Å². The molecule has 1 N–H and O–H groups in total. The van der Waals surface area contributed by atoms with Crippen LogP contribution in [0.25, 0.3) is 10.9 Å². The lowest BCUT2D eigenvalue weighted by Gasteiger charge is -2.55. The van der Waals surface area contributed by atoms with E-state index in [0.29, 0.717) is 23.4 Å². The van der Waals surface area contributed by atoms with Crippen molar-refractivity contribution in [3.8, 4) is 0 Å². The SMILES string of the molecule is O=C(OCOC(=O)c1cc2ccccc2[nH]1)OC12CC3CC(CC(C3)C1)C2. The quantitative estimate of drug-likeness (QED) is 0.638. The molecule has 0 unspecified atom stereocenters. The minimum Gasteiger partial charge on any atom is -0.428 e. The largest absolute Gasteiger partial charge is 0.511 e. The maximum absolute atomic E-state index is 12.1. The molecular weight excluding hydrogens is 346 g/mol. The third-order valence-corrected chi connectivity index (χ3v) is 6.40. The number of carbonyl (C=O) groups excluding carboxylic acids is 2. The molecule has 4 aliphatic rings. The van der Waals surface area contributed by atoms with E-state index in [2.05, 4.69) is 4.98 Å². The van der Waals surface area contributed by atoms with Crippen LogP contribution < -0.4 is 0 Å². The molecule has 4 bridgehead atoms. The number of carbonyl (C=O) groups is 2. The molecule has 6 heteroatoms. The highest BCUT2D eigenvalue weighted by Crippen LogP contribution is 2.57. The molecule has 0 aliphatic heterocycles. The highest BCUT2D eigenvalue weighted by molar-refractivity contribution is 5.94. The summed E-state index contributed by atoms with van der Waals surface area (Å²) in [5, 5.41) is 0.923. The van der Waals surface area contributed by atoms with Crippen molar-refractivity contribution in [3.63, 3.8) is 0 Å². The maximum Gasteiger partial charge on any atom is 0.511 e.